The predicted molar refractivity (Wildman–Crippen MR) is 51.1 cm³/mol. The minimum Gasteiger partial charge on any atom is -0.314 e. The Hall–Kier alpha value is -0.960. The van der Waals surface area contributed by atoms with Crippen LogP contribution in [0.2, 0.25) is 0 Å². The van der Waals surface area contributed by atoms with Crippen molar-refractivity contribution < 1.29 is 8.78 Å². The fourth-order valence-corrected chi connectivity index (χ4v) is 1.90. The third kappa shape index (κ3) is 1.93. The van der Waals surface area contributed by atoms with Crippen molar-refractivity contribution in [1.82, 2.24) is 5.32 Å². The van der Waals surface area contributed by atoms with Gasteiger partial charge in [-0.15, -0.1) is 0 Å². The van der Waals surface area contributed by atoms with Crippen LogP contribution in [0, 0.1) is 11.6 Å². The molecule has 1 aliphatic heterocycles. The molecule has 2 rings (SSSR count). The van der Waals surface area contributed by atoms with Crippen LogP contribution in [0.25, 0.3) is 0 Å². The summed E-state index contributed by atoms with van der Waals surface area (Å²) in [6, 6.07) is 4.67. The molecular formula is C11H13F2N. The quantitative estimate of drug-likeness (QED) is 0.766. The maximum atomic E-state index is 13.3. The van der Waals surface area contributed by atoms with Crippen molar-refractivity contribution in [3.8, 4) is 0 Å². The van der Waals surface area contributed by atoms with Crippen LogP contribution in [-0.4, -0.2) is 12.6 Å². The van der Waals surface area contributed by atoms with Crippen LogP contribution in [0.3, 0.4) is 0 Å². The lowest BCUT2D eigenvalue weighted by atomic mass is 10.0. The molecule has 1 aromatic rings. The molecule has 1 heterocycles. The lowest BCUT2D eigenvalue weighted by Gasteiger charge is -2.10. The van der Waals surface area contributed by atoms with Gasteiger partial charge in [0, 0.05) is 6.04 Å². The Balaban J connectivity index is 2.11. The van der Waals surface area contributed by atoms with Crippen LogP contribution in [-0.2, 0) is 6.42 Å². The van der Waals surface area contributed by atoms with E-state index in [1.165, 1.54) is 0 Å². The predicted octanol–water partition coefficient (Wildman–Crippen LogP) is 2.26. The molecule has 14 heavy (non-hydrogen) atoms. The van der Waals surface area contributed by atoms with Gasteiger partial charge in [0.05, 0.1) is 0 Å². The molecule has 0 aromatic heterocycles. The number of hydrogen-bond acceptors (Lipinski definition) is 1. The van der Waals surface area contributed by atoms with Gasteiger partial charge < -0.3 is 5.32 Å². The number of nitrogens with one attached hydrogen (secondary N) is 1. The SMILES string of the molecule is Fc1cccc(CC2CCCN2)c1F. The Kier molecular flexibility index (Phi) is 2.77. The van der Waals surface area contributed by atoms with Crippen LogP contribution >= 0.6 is 0 Å². The van der Waals surface area contributed by atoms with Crippen molar-refractivity contribution in [2.75, 3.05) is 6.54 Å². The molecule has 0 spiro atoms. The molecule has 1 unspecified atom stereocenters. The number of rotatable bonds is 2. The van der Waals surface area contributed by atoms with Crippen molar-refractivity contribution in [2.45, 2.75) is 25.3 Å². The van der Waals surface area contributed by atoms with E-state index in [0.29, 0.717) is 18.0 Å². The molecule has 76 valence electrons. The minimum absolute atomic E-state index is 0.311. The Morgan fingerprint density at radius 2 is 2.21 bits per heavy atom. The highest BCUT2D eigenvalue weighted by Gasteiger charge is 2.17. The smallest absolute Gasteiger partial charge is 0.162 e. The van der Waals surface area contributed by atoms with Gasteiger partial charge in [-0.3, -0.25) is 0 Å². The first-order valence-corrected chi connectivity index (χ1v) is 4.93. The normalized spacial score (nSPS) is 21.4. The van der Waals surface area contributed by atoms with E-state index in [9.17, 15) is 8.78 Å². The molecule has 1 nitrogen and oxygen atoms in total. The standard InChI is InChI=1S/C11H13F2N/c12-10-5-1-3-8(11(10)13)7-9-4-2-6-14-9/h1,3,5,9,14H,2,4,6-7H2. The lowest BCUT2D eigenvalue weighted by molar-refractivity contribution is 0.488. The van der Waals surface area contributed by atoms with Crippen molar-refractivity contribution in [3.63, 3.8) is 0 Å². The molecule has 0 saturated carbocycles. The maximum absolute atomic E-state index is 13.3. The van der Waals surface area contributed by atoms with Gasteiger partial charge in [-0.1, -0.05) is 12.1 Å². The second kappa shape index (κ2) is 4.05. The van der Waals surface area contributed by atoms with E-state index in [1.54, 1.807) is 12.1 Å². The summed E-state index contributed by atoms with van der Waals surface area (Å²) in [6.07, 6.45) is 2.77. The first-order chi connectivity index (χ1) is 6.77. The molecule has 1 atom stereocenters. The summed E-state index contributed by atoms with van der Waals surface area (Å²) in [6.45, 7) is 0.988. The average molecular weight is 197 g/mol. The van der Waals surface area contributed by atoms with Gasteiger partial charge in [0.25, 0.3) is 0 Å². The highest BCUT2D eigenvalue weighted by molar-refractivity contribution is 5.20. The molecule has 1 N–H and O–H groups in total. The third-order valence-electron chi connectivity index (χ3n) is 2.66. The summed E-state index contributed by atoms with van der Waals surface area (Å²) in [5.41, 5.74) is 0.476. The zero-order chi connectivity index (χ0) is 9.97. The van der Waals surface area contributed by atoms with E-state index >= 15 is 0 Å². The van der Waals surface area contributed by atoms with Crippen molar-refractivity contribution in [3.05, 3.63) is 35.4 Å². The van der Waals surface area contributed by atoms with E-state index in [4.69, 9.17) is 0 Å². The average Bonchev–Trinajstić information content (AvgIpc) is 2.66. The van der Waals surface area contributed by atoms with Crippen molar-refractivity contribution in [2.24, 2.45) is 0 Å². The Labute approximate surface area is 82.1 Å². The summed E-state index contributed by atoms with van der Waals surface area (Å²) in [5, 5.41) is 3.26. The van der Waals surface area contributed by atoms with Gasteiger partial charge in [0.2, 0.25) is 0 Å². The maximum Gasteiger partial charge on any atom is 0.162 e. The molecule has 0 bridgehead atoms. The van der Waals surface area contributed by atoms with E-state index in [0.717, 1.165) is 25.5 Å². The first kappa shape index (κ1) is 9.59. The number of halogens is 2. The first-order valence-electron chi connectivity index (χ1n) is 4.93. The molecule has 0 aliphatic carbocycles. The molecule has 3 heteroatoms. The van der Waals surface area contributed by atoms with Gasteiger partial charge in [0.1, 0.15) is 0 Å². The Morgan fingerprint density at radius 1 is 1.36 bits per heavy atom. The largest absolute Gasteiger partial charge is 0.314 e. The van der Waals surface area contributed by atoms with Gasteiger partial charge in [-0.25, -0.2) is 8.78 Å². The fourth-order valence-electron chi connectivity index (χ4n) is 1.90. The highest BCUT2D eigenvalue weighted by atomic mass is 19.2. The fraction of sp³-hybridized carbons (Fsp3) is 0.455. The summed E-state index contributed by atoms with van der Waals surface area (Å²) < 4.78 is 26.1. The number of benzene rings is 1. The van der Waals surface area contributed by atoms with Gasteiger partial charge >= 0.3 is 0 Å². The summed E-state index contributed by atoms with van der Waals surface area (Å²) in [5.74, 6) is -1.44. The van der Waals surface area contributed by atoms with Crippen LogP contribution in [0.1, 0.15) is 18.4 Å². The molecule has 1 aromatic carbocycles. The molecule has 1 saturated heterocycles. The van der Waals surface area contributed by atoms with Crippen LogP contribution in [0.4, 0.5) is 8.78 Å². The van der Waals surface area contributed by atoms with Crippen molar-refractivity contribution in [1.29, 1.82) is 0 Å². The molecule has 1 aliphatic rings. The Morgan fingerprint density at radius 3 is 2.93 bits per heavy atom. The highest BCUT2D eigenvalue weighted by Crippen LogP contribution is 2.16. The second-order valence-electron chi connectivity index (χ2n) is 3.71. The monoisotopic (exact) mass is 197 g/mol. The summed E-state index contributed by atoms with van der Waals surface area (Å²) >= 11 is 0. The van der Waals surface area contributed by atoms with Crippen LogP contribution < -0.4 is 5.32 Å². The van der Waals surface area contributed by atoms with Crippen LogP contribution in [0.15, 0.2) is 18.2 Å². The summed E-state index contributed by atoms with van der Waals surface area (Å²) in [7, 11) is 0. The molecule has 0 amide bonds. The van der Waals surface area contributed by atoms with E-state index in [-0.39, 0.29) is 0 Å². The van der Waals surface area contributed by atoms with E-state index in [1.807, 2.05) is 0 Å². The van der Waals surface area contributed by atoms with Gasteiger partial charge in [0.15, 0.2) is 11.6 Å². The van der Waals surface area contributed by atoms with Gasteiger partial charge in [-0.05, 0) is 37.4 Å². The van der Waals surface area contributed by atoms with Crippen LogP contribution in [0.5, 0.6) is 0 Å². The molecule has 0 radical (unpaired) electrons. The lowest BCUT2D eigenvalue weighted by Crippen LogP contribution is -2.24. The minimum atomic E-state index is -0.750. The topological polar surface area (TPSA) is 12.0 Å². The Bertz CT molecular complexity index is 319. The van der Waals surface area contributed by atoms with Crippen molar-refractivity contribution >= 4 is 0 Å². The van der Waals surface area contributed by atoms with Gasteiger partial charge in [-0.2, -0.15) is 0 Å². The molecule has 1 fully saturated rings. The third-order valence-corrected chi connectivity index (χ3v) is 2.66. The zero-order valence-electron chi connectivity index (χ0n) is 7.89. The molecular weight excluding hydrogens is 184 g/mol. The van der Waals surface area contributed by atoms with E-state index in [2.05, 4.69) is 5.32 Å². The summed E-state index contributed by atoms with van der Waals surface area (Å²) in [4.78, 5) is 0. The second-order valence-corrected chi connectivity index (χ2v) is 3.71. The zero-order valence-corrected chi connectivity index (χ0v) is 7.89. The number of hydrogen-bond donors (Lipinski definition) is 1. The van der Waals surface area contributed by atoms with E-state index < -0.39 is 11.6 Å².